The van der Waals surface area contributed by atoms with Crippen molar-refractivity contribution in [2.24, 2.45) is 11.8 Å². The maximum Gasteiger partial charge on any atom is 0.232 e. The highest BCUT2D eigenvalue weighted by Gasteiger charge is 2.43. The minimum atomic E-state index is 0.561. The maximum absolute atomic E-state index is 6.41. The summed E-state index contributed by atoms with van der Waals surface area (Å²) in [6.07, 6.45) is 7.30. The summed E-state index contributed by atoms with van der Waals surface area (Å²) in [5.74, 6) is 3.53. The molecule has 0 radical (unpaired) electrons. The van der Waals surface area contributed by atoms with Gasteiger partial charge in [0.1, 0.15) is 5.82 Å². The van der Waals surface area contributed by atoms with Crippen LogP contribution in [0.5, 0.6) is 0 Å². The Morgan fingerprint density at radius 1 is 1.07 bits per heavy atom. The van der Waals surface area contributed by atoms with Crippen LogP contribution in [-0.4, -0.2) is 19.6 Å². The SMILES string of the molecule is Cc1nc(Nc2c(C)cc(Cl)cc2Cl)n2ncc(C(C3CC3)C3CC3)c2n1. The van der Waals surface area contributed by atoms with Crippen molar-refractivity contribution >= 4 is 40.5 Å². The van der Waals surface area contributed by atoms with Crippen molar-refractivity contribution in [3.63, 3.8) is 0 Å². The molecule has 0 atom stereocenters. The molecule has 0 saturated heterocycles. The first-order valence-electron chi connectivity index (χ1n) is 9.46. The average molecular weight is 402 g/mol. The van der Waals surface area contributed by atoms with Gasteiger partial charge in [-0.2, -0.15) is 14.6 Å². The lowest BCUT2D eigenvalue weighted by atomic mass is 9.91. The summed E-state index contributed by atoms with van der Waals surface area (Å²) in [5, 5.41) is 9.16. The average Bonchev–Trinajstić information content (AvgIpc) is 3.51. The maximum atomic E-state index is 6.41. The van der Waals surface area contributed by atoms with Gasteiger partial charge in [-0.25, -0.2) is 4.98 Å². The van der Waals surface area contributed by atoms with E-state index in [-0.39, 0.29) is 0 Å². The Morgan fingerprint density at radius 2 is 1.78 bits per heavy atom. The number of benzene rings is 1. The number of hydrogen-bond donors (Lipinski definition) is 1. The van der Waals surface area contributed by atoms with E-state index in [0.717, 1.165) is 34.6 Å². The van der Waals surface area contributed by atoms with Crippen LogP contribution < -0.4 is 5.32 Å². The van der Waals surface area contributed by atoms with E-state index in [1.165, 1.54) is 31.2 Å². The first kappa shape index (κ1) is 17.3. The fraction of sp³-hybridized carbons (Fsp3) is 0.450. The number of nitrogens with zero attached hydrogens (tertiary/aromatic N) is 4. The molecule has 2 aliphatic rings. The third kappa shape index (κ3) is 3.17. The zero-order valence-electron chi connectivity index (χ0n) is 15.3. The number of rotatable bonds is 5. The lowest BCUT2D eigenvalue weighted by Crippen LogP contribution is -2.09. The highest BCUT2D eigenvalue weighted by atomic mass is 35.5. The summed E-state index contributed by atoms with van der Waals surface area (Å²) in [5.41, 5.74) is 3.93. The first-order chi connectivity index (χ1) is 13.0. The van der Waals surface area contributed by atoms with E-state index < -0.39 is 0 Å². The minimum Gasteiger partial charge on any atom is -0.322 e. The zero-order chi connectivity index (χ0) is 18.7. The van der Waals surface area contributed by atoms with Crippen LogP contribution in [0.2, 0.25) is 10.0 Å². The summed E-state index contributed by atoms with van der Waals surface area (Å²) in [6.45, 7) is 3.89. The van der Waals surface area contributed by atoms with E-state index in [1.54, 1.807) is 6.07 Å². The van der Waals surface area contributed by atoms with Crippen LogP contribution in [0.25, 0.3) is 5.65 Å². The van der Waals surface area contributed by atoms with Crippen molar-refractivity contribution in [3.05, 3.63) is 45.3 Å². The molecule has 3 aromatic rings. The summed E-state index contributed by atoms with van der Waals surface area (Å²) in [4.78, 5) is 9.31. The van der Waals surface area contributed by atoms with Crippen LogP contribution in [-0.2, 0) is 0 Å². The second kappa shape index (κ2) is 6.35. The molecule has 1 aromatic carbocycles. The molecule has 2 fully saturated rings. The third-order valence-electron chi connectivity index (χ3n) is 5.61. The Morgan fingerprint density at radius 3 is 2.41 bits per heavy atom. The van der Waals surface area contributed by atoms with E-state index in [1.807, 2.05) is 30.6 Å². The molecule has 0 bridgehead atoms. The van der Waals surface area contributed by atoms with Crippen molar-refractivity contribution in [3.8, 4) is 0 Å². The molecule has 140 valence electrons. The highest BCUT2D eigenvalue weighted by molar-refractivity contribution is 6.36. The normalized spacial score (nSPS) is 17.1. The van der Waals surface area contributed by atoms with E-state index >= 15 is 0 Å². The second-order valence-corrected chi connectivity index (χ2v) is 8.68. The van der Waals surface area contributed by atoms with Crippen LogP contribution in [0.4, 0.5) is 11.6 Å². The number of aryl methyl sites for hydroxylation is 2. The fourth-order valence-electron chi connectivity index (χ4n) is 4.09. The number of nitrogens with one attached hydrogen (secondary N) is 1. The highest BCUT2D eigenvalue weighted by Crippen LogP contribution is 2.55. The summed E-state index contributed by atoms with van der Waals surface area (Å²) >= 11 is 12.5. The van der Waals surface area contributed by atoms with Gasteiger partial charge in [0, 0.05) is 10.6 Å². The second-order valence-electron chi connectivity index (χ2n) is 7.83. The lowest BCUT2D eigenvalue weighted by molar-refractivity contribution is 0.540. The molecule has 0 aliphatic heterocycles. The number of aromatic nitrogens is 4. The molecule has 7 heteroatoms. The molecule has 2 saturated carbocycles. The molecule has 5 nitrogen and oxygen atoms in total. The van der Waals surface area contributed by atoms with Gasteiger partial charge in [-0.05, 0) is 75.0 Å². The molecular weight excluding hydrogens is 381 g/mol. The molecule has 0 amide bonds. The predicted octanol–water partition coefficient (Wildman–Crippen LogP) is 5.70. The van der Waals surface area contributed by atoms with Gasteiger partial charge in [0.15, 0.2) is 5.65 Å². The van der Waals surface area contributed by atoms with Gasteiger partial charge in [-0.3, -0.25) is 0 Å². The minimum absolute atomic E-state index is 0.561. The number of hydrogen-bond acceptors (Lipinski definition) is 4. The Bertz CT molecular complexity index is 1000. The first-order valence-corrected chi connectivity index (χ1v) is 10.2. The van der Waals surface area contributed by atoms with Crippen LogP contribution in [0.1, 0.15) is 48.6 Å². The summed E-state index contributed by atoms with van der Waals surface area (Å²) in [7, 11) is 0. The van der Waals surface area contributed by atoms with Crippen molar-refractivity contribution < 1.29 is 0 Å². The van der Waals surface area contributed by atoms with Crippen molar-refractivity contribution in [1.82, 2.24) is 19.6 Å². The van der Waals surface area contributed by atoms with Gasteiger partial charge in [0.25, 0.3) is 0 Å². The third-order valence-corrected chi connectivity index (χ3v) is 6.13. The zero-order valence-corrected chi connectivity index (χ0v) is 16.8. The number of halogens is 2. The van der Waals surface area contributed by atoms with Crippen LogP contribution in [0.15, 0.2) is 18.3 Å². The Hall–Kier alpha value is -1.85. The molecule has 0 spiro atoms. The molecule has 2 aromatic heterocycles. The Kier molecular flexibility index (Phi) is 4.06. The van der Waals surface area contributed by atoms with Crippen molar-refractivity contribution in [2.75, 3.05) is 5.32 Å². The quantitative estimate of drug-likeness (QED) is 0.595. The van der Waals surface area contributed by atoms with Crippen LogP contribution >= 0.6 is 23.2 Å². The molecule has 1 N–H and O–H groups in total. The molecule has 0 unspecified atom stereocenters. The smallest absolute Gasteiger partial charge is 0.232 e. The van der Waals surface area contributed by atoms with Gasteiger partial charge in [0.2, 0.25) is 5.95 Å². The molecule has 27 heavy (non-hydrogen) atoms. The standard InChI is InChI=1S/C20H21Cl2N5/c1-10-7-14(21)8-16(22)18(10)26-20-25-11(2)24-19-15(9-23-27(19)20)17(12-3-4-12)13-5-6-13/h7-9,12-13,17H,3-6H2,1-2H3,(H,24,25,26). The Balaban J connectivity index is 1.60. The summed E-state index contributed by atoms with van der Waals surface area (Å²) < 4.78 is 1.81. The van der Waals surface area contributed by atoms with Crippen LogP contribution in [0.3, 0.4) is 0 Å². The topological polar surface area (TPSA) is 55.1 Å². The van der Waals surface area contributed by atoms with Crippen LogP contribution in [0, 0.1) is 25.7 Å². The van der Waals surface area contributed by atoms with E-state index in [0.29, 0.717) is 21.9 Å². The number of anilines is 2. The largest absolute Gasteiger partial charge is 0.322 e. The van der Waals surface area contributed by atoms with E-state index in [2.05, 4.69) is 15.4 Å². The lowest BCUT2D eigenvalue weighted by Gasteiger charge is -2.15. The monoisotopic (exact) mass is 401 g/mol. The number of fused-ring (bicyclic) bond motifs is 1. The van der Waals surface area contributed by atoms with E-state index in [4.69, 9.17) is 28.2 Å². The molecule has 2 aliphatic carbocycles. The molecular formula is C20H21Cl2N5. The van der Waals surface area contributed by atoms with Gasteiger partial charge < -0.3 is 5.32 Å². The van der Waals surface area contributed by atoms with E-state index in [9.17, 15) is 0 Å². The van der Waals surface area contributed by atoms with Gasteiger partial charge >= 0.3 is 0 Å². The van der Waals surface area contributed by atoms with Gasteiger partial charge in [-0.15, -0.1) is 0 Å². The molecule has 5 rings (SSSR count). The van der Waals surface area contributed by atoms with Gasteiger partial charge in [0.05, 0.1) is 16.9 Å². The Labute approximate surface area is 168 Å². The van der Waals surface area contributed by atoms with Gasteiger partial charge in [-0.1, -0.05) is 23.2 Å². The van der Waals surface area contributed by atoms with Crippen molar-refractivity contribution in [2.45, 2.75) is 45.4 Å². The van der Waals surface area contributed by atoms with Crippen molar-refractivity contribution in [1.29, 1.82) is 0 Å². The fourth-order valence-corrected chi connectivity index (χ4v) is 4.73. The predicted molar refractivity (Wildman–Crippen MR) is 108 cm³/mol. The molecule has 2 heterocycles. The summed E-state index contributed by atoms with van der Waals surface area (Å²) in [6, 6.07) is 3.61.